The van der Waals surface area contributed by atoms with Crippen LogP contribution in [0.25, 0.3) is 21.8 Å². The number of pyridine rings is 1. The Morgan fingerprint density at radius 3 is 2.80 bits per heavy atom. The number of likely N-dealkylation sites (N-methyl/N-ethyl adjacent to an activating group) is 1. The maximum Gasteiger partial charge on any atom is 0.237 e. The zero-order chi connectivity index (χ0) is 17.2. The molecule has 3 aromatic rings. The number of halogens is 1. The summed E-state index contributed by atoms with van der Waals surface area (Å²) in [6.07, 6.45) is 3.58. The highest BCUT2D eigenvalue weighted by molar-refractivity contribution is 7.13. The van der Waals surface area contributed by atoms with Crippen LogP contribution in [-0.2, 0) is 10.2 Å². The molecule has 3 heterocycles. The summed E-state index contributed by atoms with van der Waals surface area (Å²) in [7, 11) is 1.86. The van der Waals surface area contributed by atoms with Gasteiger partial charge in [0.25, 0.3) is 0 Å². The molecule has 1 aromatic carbocycles. The molecule has 0 atom stereocenters. The fourth-order valence-electron chi connectivity index (χ4n) is 3.60. The monoisotopic (exact) mass is 367 g/mol. The maximum absolute atomic E-state index is 12.5. The van der Waals surface area contributed by atoms with Crippen molar-refractivity contribution in [2.75, 3.05) is 11.9 Å². The van der Waals surface area contributed by atoms with E-state index in [4.69, 9.17) is 16.6 Å². The number of benzene rings is 1. The number of carbonyl (C=O) groups excluding carboxylic acids is 1. The molecule has 1 fully saturated rings. The number of fused-ring (bicyclic) bond motifs is 2. The van der Waals surface area contributed by atoms with Crippen LogP contribution in [0.1, 0.15) is 18.4 Å². The zero-order valence-corrected chi connectivity index (χ0v) is 15.1. The summed E-state index contributed by atoms with van der Waals surface area (Å²) in [5.74, 6) is 0.227. The summed E-state index contributed by atoms with van der Waals surface area (Å²) >= 11 is 7.56. The second kappa shape index (κ2) is 5.13. The molecule has 0 N–H and O–H groups in total. The molecule has 2 aliphatic rings. The maximum atomic E-state index is 12.5. The zero-order valence-electron chi connectivity index (χ0n) is 13.5. The number of amides is 1. The number of thiazole rings is 1. The fourth-order valence-corrected chi connectivity index (χ4v) is 4.60. The van der Waals surface area contributed by atoms with Gasteiger partial charge in [0.05, 0.1) is 11.1 Å². The third-order valence-electron chi connectivity index (χ3n) is 5.11. The van der Waals surface area contributed by atoms with Crippen LogP contribution in [-0.4, -0.2) is 22.9 Å². The summed E-state index contributed by atoms with van der Waals surface area (Å²) in [6, 6.07) is 9.95. The molecule has 0 bridgehead atoms. The molecule has 4 nitrogen and oxygen atoms in total. The van der Waals surface area contributed by atoms with E-state index in [1.54, 1.807) is 22.4 Å². The van der Waals surface area contributed by atoms with Gasteiger partial charge in [-0.25, -0.2) is 9.97 Å². The van der Waals surface area contributed by atoms with E-state index < -0.39 is 0 Å². The van der Waals surface area contributed by atoms with E-state index >= 15 is 0 Å². The smallest absolute Gasteiger partial charge is 0.237 e. The predicted molar refractivity (Wildman–Crippen MR) is 100 cm³/mol. The number of anilines is 1. The van der Waals surface area contributed by atoms with Gasteiger partial charge in [-0.3, -0.25) is 4.79 Å². The third kappa shape index (κ3) is 2.16. The lowest BCUT2D eigenvalue weighted by Crippen LogP contribution is -2.27. The molecule has 1 aliphatic carbocycles. The highest BCUT2D eigenvalue weighted by atomic mass is 35.5. The van der Waals surface area contributed by atoms with Crippen LogP contribution < -0.4 is 4.90 Å². The SMILES string of the molecule is CN1C(=O)C2(CC2)c2cc(-c3csc(-c4ccnc(Cl)c4)n3)ccc21. The van der Waals surface area contributed by atoms with E-state index in [1.807, 2.05) is 36.7 Å². The summed E-state index contributed by atoms with van der Waals surface area (Å²) in [6.45, 7) is 0. The number of carbonyl (C=O) groups is 1. The Bertz CT molecular complexity index is 1030. The van der Waals surface area contributed by atoms with Crippen molar-refractivity contribution >= 4 is 34.5 Å². The minimum Gasteiger partial charge on any atom is -0.314 e. The molecule has 0 unspecified atom stereocenters. The van der Waals surface area contributed by atoms with Crippen molar-refractivity contribution in [2.24, 2.45) is 0 Å². The van der Waals surface area contributed by atoms with Crippen LogP contribution in [0.15, 0.2) is 41.9 Å². The lowest BCUT2D eigenvalue weighted by Gasteiger charge is -2.09. The molecule has 124 valence electrons. The van der Waals surface area contributed by atoms with Crippen LogP contribution in [0.4, 0.5) is 5.69 Å². The molecule has 1 saturated carbocycles. The Hall–Kier alpha value is -2.24. The van der Waals surface area contributed by atoms with Gasteiger partial charge >= 0.3 is 0 Å². The largest absolute Gasteiger partial charge is 0.314 e. The van der Waals surface area contributed by atoms with Crippen LogP contribution in [0.3, 0.4) is 0 Å². The number of hydrogen-bond acceptors (Lipinski definition) is 4. The van der Waals surface area contributed by atoms with E-state index in [9.17, 15) is 4.79 Å². The van der Waals surface area contributed by atoms with Crippen molar-refractivity contribution < 1.29 is 4.79 Å². The Morgan fingerprint density at radius 2 is 2.04 bits per heavy atom. The fraction of sp³-hybridized carbons (Fsp3) is 0.211. The van der Waals surface area contributed by atoms with Gasteiger partial charge in [-0.15, -0.1) is 11.3 Å². The summed E-state index contributed by atoms with van der Waals surface area (Å²) < 4.78 is 0. The predicted octanol–water partition coefficient (Wildman–Crippen LogP) is 4.53. The molecule has 2 aromatic heterocycles. The Morgan fingerprint density at radius 1 is 1.20 bits per heavy atom. The minimum atomic E-state index is -0.266. The van der Waals surface area contributed by atoms with Gasteiger partial charge in [0.15, 0.2) is 0 Å². The number of aromatic nitrogens is 2. The van der Waals surface area contributed by atoms with E-state index in [1.165, 1.54) is 0 Å². The molecule has 1 amide bonds. The van der Waals surface area contributed by atoms with Gasteiger partial charge in [-0.1, -0.05) is 17.7 Å². The Labute approximate surface area is 154 Å². The first-order valence-electron chi connectivity index (χ1n) is 8.09. The lowest BCUT2D eigenvalue weighted by molar-refractivity contribution is -0.119. The summed E-state index contributed by atoms with van der Waals surface area (Å²) in [5.41, 5.74) is 4.86. The van der Waals surface area contributed by atoms with Crippen molar-refractivity contribution in [3.8, 4) is 21.8 Å². The van der Waals surface area contributed by atoms with E-state index in [-0.39, 0.29) is 11.3 Å². The average molecular weight is 368 g/mol. The lowest BCUT2D eigenvalue weighted by atomic mass is 9.95. The Kier molecular flexibility index (Phi) is 3.09. The van der Waals surface area contributed by atoms with Crippen molar-refractivity contribution in [3.63, 3.8) is 0 Å². The van der Waals surface area contributed by atoms with Crippen molar-refractivity contribution in [1.29, 1.82) is 0 Å². The van der Waals surface area contributed by atoms with Crippen LogP contribution in [0.2, 0.25) is 5.15 Å². The quantitative estimate of drug-likeness (QED) is 0.625. The van der Waals surface area contributed by atoms with Crippen LogP contribution in [0.5, 0.6) is 0 Å². The van der Waals surface area contributed by atoms with Gasteiger partial charge in [0.2, 0.25) is 5.91 Å². The normalized spacial score (nSPS) is 17.2. The molecule has 1 aliphatic heterocycles. The molecular formula is C19H14ClN3OS. The molecule has 1 spiro atoms. The third-order valence-corrected chi connectivity index (χ3v) is 6.21. The molecule has 25 heavy (non-hydrogen) atoms. The number of hydrogen-bond donors (Lipinski definition) is 0. The molecule has 0 saturated heterocycles. The number of nitrogens with zero attached hydrogens (tertiary/aromatic N) is 3. The first-order valence-corrected chi connectivity index (χ1v) is 9.35. The first-order chi connectivity index (χ1) is 12.1. The average Bonchev–Trinajstić information content (AvgIpc) is 3.23. The highest BCUT2D eigenvalue weighted by Crippen LogP contribution is 2.57. The van der Waals surface area contributed by atoms with Crippen LogP contribution >= 0.6 is 22.9 Å². The van der Waals surface area contributed by atoms with E-state index in [0.29, 0.717) is 5.15 Å². The first kappa shape index (κ1) is 15.0. The molecule has 5 rings (SSSR count). The second-order valence-electron chi connectivity index (χ2n) is 6.58. The van der Waals surface area contributed by atoms with Crippen molar-refractivity contribution in [2.45, 2.75) is 18.3 Å². The molecule has 0 radical (unpaired) electrons. The van der Waals surface area contributed by atoms with Crippen molar-refractivity contribution in [1.82, 2.24) is 9.97 Å². The molecule has 6 heteroatoms. The summed E-state index contributed by atoms with van der Waals surface area (Å²) in [5, 5.41) is 3.42. The van der Waals surface area contributed by atoms with Gasteiger partial charge in [-0.05, 0) is 42.7 Å². The van der Waals surface area contributed by atoms with Gasteiger partial charge in [0, 0.05) is 35.4 Å². The van der Waals surface area contributed by atoms with E-state index in [0.717, 1.165) is 45.9 Å². The van der Waals surface area contributed by atoms with Gasteiger partial charge in [-0.2, -0.15) is 0 Å². The van der Waals surface area contributed by atoms with Crippen molar-refractivity contribution in [3.05, 3.63) is 52.6 Å². The van der Waals surface area contributed by atoms with Gasteiger partial charge in [0.1, 0.15) is 10.2 Å². The van der Waals surface area contributed by atoms with E-state index in [2.05, 4.69) is 11.1 Å². The van der Waals surface area contributed by atoms with Gasteiger partial charge < -0.3 is 4.90 Å². The Balaban J connectivity index is 1.56. The standard InChI is InChI=1S/C19H14ClN3OS/c1-23-15-3-2-11(8-13(15)19(5-6-19)18(23)24)14-10-25-17(22-14)12-4-7-21-16(20)9-12/h2-4,7-10H,5-6H2,1H3. The highest BCUT2D eigenvalue weighted by Gasteiger charge is 2.58. The number of rotatable bonds is 2. The summed E-state index contributed by atoms with van der Waals surface area (Å²) in [4.78, 5) is 23.1. The minimum absolute atomic E-state index is 0.227. The molecular weight excluding hydrogens is 354 g/mol. The topological polar surface area (TPSA) is 46.1 Å². The second-order valence-corrected chi connectivity index (χ2v) is 7.83. The van der Waals surface area contributed by atoms with Crippen LogP contribution in [0, 0.1) is 0 Å².